The van der Waals surface area contributed by atoms with E-state index in [0.717, 1.165) is 13.0 Å². The van der Waals surface area contributed by atoms with Gasteiger partial charge in [-0.2, -0.15) is 0 Å². The van der Waals surface area contributed by atoms with Crippen LogP contribution in [0.3, 0.4) is 0 Å². The second-order valence-corrected chi connectivity index (χ2v) is 8.34. The predicted molar refractivity (Wildman–Crippen MR) is 97.3 cm³/mol. The van der Waals surface area contributed by atoms with E-state index in [2.05, 4.69) is 79.3 Å². The standard InChI is InChI=1S/C18H24BrNS/c1-5-20-17(16-10-13(4)18(19)21-16)15-8-6-7-14(11-15)9-12(2)3/h6-8,10-12,17,20H,5,9H2,1-4H3. The van der Waals surface area contributed by atoms with Crippen molar-refractivity contribution in [2.75, 3.05) is 6.54 Å². The van der Waals surface area contributed by atoms with Crippen LogP contribution in [-0.4, -0.2) is 6.54 Å². The lowest BCUT2D eigenvalue weighted by molar-refractivity contribution is 0.630. The van der Waals surface area contributed by atoms with Gasteiger partial charge in [0.15, 0.2) is 0 Å². The molecular formula is C18H24BrNS. The number of hydrogen-bond donors (Lipinski definition) is 1. The second kappa shape index (κ2) is 7.57. The molecule has 1 unspecified atom stereocenters. The molecule has 1 N–H and O–H groups in total. The summed E-state index contributed by atoms with van der Waals surface area (Å²) in [7, 11) is 0. The van der Waals surface area contributed by atoms with Crippen molar-refractivity contribution >= 4 is 27.3 Å². The zero-order valence-electron chi connectivity index (χ0n) is 13.2. The molecule has 114 valence electrons. The Hall–Kier alpha value is -0.640. The zero-order valence-corrected chi connectivity index (χ0v) is 15.6. The van der Waals surface area contributed by atoms with Crippen LogP contribution in [0.4, 0.5) is 0 Å². The Labute approximate surface area is 140 Å². The number of hydrogen-bond acceptors (Lipinski definition) is 2. The first-order valence-corrected chi connectivity index (χ1v) is 9.20. The lowest BCUT2D eigenvalue weighted by Gasteiger charge is -2.18. The maximum Gasteiger partial charge on any atom is 0.0731 e. The third-order valence-electron chi connectivity index (χ3n) is 3.50. The first-order chi connectivity index (χ1) is 10.0. The van der Waals surface area contributed by atoms with Crippen molar-refractivity contribution in [1.29, 1.82) is 0 Å². The number of thiophene rings is 1. The van der Waals surface area contributed by atoms with E-state index in [9.17, 15) is 0 Å². The fourth-order valence-corrected chi connectivity index (χ4v) is 4.26. The Morgan fingerprint density at radius 2 is 2.00 bits per heavy atom. The van der Waals surface area contributed by atoms with Crippen LogP contribution in [0.5, 0.6) is 0 Å². The Morgan fingerprint density at radius 1 is 1.24 bits per heavy atom. The van der Waals surface area contributed by atoms with Crippen molar-refractivity contribution in [3.05, 3.63) is 55.7 Å². The Bertz CT molecular complexity index is 569. The molecule has 0 spiro atoms. The van der Waals surface area contributed by atoms with Gasteiger partial charge in [-0.1, -0.05) is 45.0 Å². The van der Waals surface area contributed by atoms with Gasteiger partial charge in [0.2, 0.25) is 0 Å². The SMILES string of the molecule is CCNC(c1cccc(CC(C)C)c1)c1cc(C)c(Br)s1. The molecule has 0 saturated heterocycles. The highest BCUT2D eigenvalue weighted by Crippen LogP contribution is 2.34. The average Bonchev–Trinajstić information content (AvgIpc) is 2.75. The smallest absolute Gasteiger partial charge is 0.0731 e. The van der Waals surface area contributed by atoms with Crippen LogP contribution in [0.2, 0.25) is 0 Å². The molecule has 2 rings (SSSR count). The molecule has 3 heteroatoms. The maximum absolute atomic E-state index is 3.65. The van der Waals surface area contributed by atoms with E-state index in [0.29, 0.717) is 5.92 Å². The molecular weight excluding hydrogens is 342 g/mol. The summed E-state index contributed by atoms with van der Waals surface area (Å²) in [6.07, 6.45) is 1.14. The minimum Gasteiger partial charge on any atom is -0.306 e. The van der Waals surface area contributed by atoms with Gasteiger partial charge < -0.3 is 5.32 Å². The number of halogens is 1. The number of benzene rings is 1. The lowest BCUT2D eigenvalue weighted by atomic mass is 9.97. The molecule has 1 heterocycles. The van der Waals surface area contributed by atoms with Gasteiger partial charge in [0.25, 0.3) is 0 Å². The van der Waals surface area contributed by atoms with Crippen molar-refractivity contribution in [2.24, 2.45) is 5.92 Å². The zero-order chi connectivity index (χ0) is 15.4. The topological polar surface area (TPSA) is 12.0 Å². The Balaban J connectivity index is 2.33. The first kappa shape index (κ1) is 16.7. The molecule has 0 aliphatic carbocycles. The lowest BCUT2D eigenvalue weighted by Crippen LogP contribution is -2.21. The van der Waals surface area contributed by atoms with Gasteiger partial charge in [-0.3, -0.25) is 0 Å². The van der Waals surface area contributed by atoms with E-state index in [-0.39, 0.29) is 6.04 Å². The first-order valence-electron chi connectivity index (χ1n) is 7.59. The number of rotatable bonds is 6. The van der Waals surface area contributed by atoms with E-state index in [1.165, 1.54) is 25.4 Å². The summed E-state index contributed by atoms with van der Waals surface area (Å²) in [5.74, 6) is 0.691. The molecule has 0 amide bonds. The molecule has 0 fully saturated rings. The van der Waals surface area contributed by atoms with Crippen LogP contribution in [-0.2, 0) is 6.42 Å². The van der Waals surface area contributed by atoms with Crippen LogP contribution in [0, 0.1) is 12.8 Å². The van der Waals surface area contributed by atoms with Gasteiger partial charge in [-0.15, -0.1) is 11.3 Å². The molecule has 1 nitrogen and oxygen atoms in total. The van der Waals surface area contributed by atoms with Crippen molar-refractivity contribution in [3.8, 4) is 0 Å². The minimum absolute atomic E-state index is 0.289. The van der Waals surface area contributed by atoms with E-state index in [1.54, 1.807) is 0 Å². The van der Waals surface area contributed by atoms with E-state index >= 15 is 0 Å². The third kappa shape index (κ3) is 4.41. The van der Waals surface area contributed by atoms with Gasteiger partial charge in [0.1, 0.15) is 0 Å². The van der Waals surface area contributed by atoms with Crippen LogP contribution in [0.15, 0.2) is 34.1 Å². The van der Waals surface area contributed by atoms with Gasteiger partial charge in [0.05, 0.1) is 9.83 Å². The summed E-state index contributed by atoms with van der Waals surface area (Å²) in [6.45, 7) is 9.83. The summed E-state index contributed by atoms with van der Waals surface area (Å²) in [5.41, 5.74) is 4.11. The van der Waals surface area contributed by atoms with Crippen LogP contribution < -0.4 is 5.32 Å². The second-order valence-electron chi connectivity index (χ2n) is 5.94. The Kier molecular flexibility index (Phi) is 6.03. The highest BCUT2D eigenvalue weighted by molar-refractivity contribution is 9.11. The minimum atomic E-state index is 0.289. The number of aryl methyl sites for hydroxylation is 1. The highest BCUT2D eigenvalue weighted by atomic mass is 79.9. The largest absolute Gasteiger partial charge is 0.306 e. The van der Waals surface area contributed by atoms with Gasteiger partial charge in [-0.25, -0.2) is 0 Å². The molecule has 0 aliphatic rings. The molecule has 1 aromatic heterocycles. The summed E-state index contributed by atoms with van der Waals surface area (Å²) < 4.78 is 1.23. The monoisotopic (exact) mass is 365 g/mol. The van der Waals surface area contributed by atoms with Crippen LogP contribution in [0.25, 0.3) is 0 Å². The fourth-order valence-electron chi connectivity index (χ4n) is 2.58. The molecule has 1 aromatic carbocycles. The molecule has 0 saturated carbocycles. The average molecular weight is 366 g/mol. The number of nitrogens with one attached hydrogen (secondary N) is 1. The van der Waals surface area contributed by atoms with Crippen molar-refractivity contribution in [2.45, 2.75) is 40.2 Å². The molecule has 2 aromatic rings. The Morgan fingerprint density at radius 3 is 2.57 bits per heavy atom. The predicted octanol–water partition coefficient (Wildman–Crippen LogP) is 5.72. The van der Waals surface area contributed by atoms with Crippen molar-refractivity contribution in [3.63, 3.8) is 0 Å². The highest BCUT2D eigenvalue weighted by Gasteiger charge is 2.17. The molecule has 0 bridgehead atoms. The molecule has 0 radical (unpaired) electrons. The maximum atomic E-state index is 3.65. The van der Waals surface area contributed by atoms with E-state index < -0.39 is 0 Å². The van der Waals surface area contributed by atoms with Crippen LogP contribution in [0.1, 0.15) is 48.4 Å². The molecule has 21 heavy (non-hydrogen) atoms. The van der Waals surface area contributed by atoms with E-state index in [1.807, 2.05) is 11.3 Å². The van der Waals surface area contributed by atoms with Crippen molar-refractivity contribution in [1.82, 2.24) is 5.32 Å². The summed E-state index contributed by atoms with van der Waals surface area (Å²) in [6, 6.07) is 11.6. The van der Waals surface area contributed by atoms with Gasteiger partial charge in [-0.05, 0) is 64.5 Å². The van der Waals surface area contributed by atoms with Gasteiger partial charge >= 0.3 is 0 Å². The summed E-state index contributed by atoms with van der Waals surface area (Å²) in [4.78, 5) is 1.38. The van der Waals surface area contributed by atoms with Crippen LogP contribution >= 0.6 is 27.3 Å². The fraction of sp³-hybridized carbons (Fsp3) is 0.444. The normalized spacial score (nSPS) is 12.9. The van der Waals surface area contributed by atoms with E-state index in [4.69, 9.17) is 0 Å². The summed E-state index contributed by atoms with van der Waals surface area (Å²) >= 11 is 5.48. The summed E-state index contributed by atoms with van der Waals surface area (Å²) in [5, 5.41) is 3.63. The van der Waals surface area contributed by atoms with Crippen molar-refractivity contribution < 1.29 is 0 Å². The van der Waals surface area contributed by atoms with Gasteiger partial charge in [0, 0.05) is 4.88 Å². The quantitative estimate of drug-likeness (QED) is 0.690. The third-order valence-corrected chi connectivity index (χ3v) is 5.70. The molecule has 1 atom stereocenters. The molecule has 0 aliphatic heterocycles.